The normalized spacial score (nSPS) is 18.1. The van der Waals surface area contributed by atoms with Crippen molar-refractivity contribution in [1.29, 1.82) is 0 Å². The molecule has 0 atom stereocenters. The molecule has 1 nitrogen and oxygen atoms in total. The molecule has 0 bridgehead atoms. The fourth-order valence-electron chi connectivity index (χ4n) is 2.37. The lowest BCUT2D eigenvalue weighted by Crippen LogP contribution is -2.25. The molecule has 0 saturated carbocycles. The molecule has 0 fully saturated rings. The van der Waals surface area contributed by atoms with Gasteiger partial charge in [-0.05, 0) is 30.7 Å². The SMILES string of the molecule is CC1(C)CC(=O)c2ccc3ccccc3c2S1. The number of carbonyl (C=O) groups excluding carboxylic acids is 1. The summed E-state index contributed by atoms with van der Waals surface area (Å²) < 4.78 is 0.00814. The third kappa shape index (κ3) is 1.77. The average Bonchev–Trinajstić information content (AvgIpc) is 2.27. The predicted octanol–water partition coefficient (Wildman–Crippen LogP) is 4.30. The highest BCUT2D eigenvalue weighted by atomic mass is 32.2. The minimum atomic E-state index is 0.00814. The fourth-order valence-corrected chi connectivity index (χ4v) is 3.71. The summed E-state index contributed by atoms with van der Waals surface area (Å²) in [5.74, 6) is 0.273. The standard InChI is InChI=1S/C15H14OS/c1-15(2)9-13(16)12-8-7-10-5-3-4-6-11(10)14(12)17-15/h3-8H,9H2,1-2H3. The van der Waals surface area contributed by atoms with Gasteiger partial charge in [-0.15, -0.1) is 11.8 Å². The number of hydrogen-bond donors (Lipinski definition) is 0. The van der Waals surface area contributed by atoms with E-state index in [0.717, 1.165) is 10.5 Å². The molecule has 2 aromatic carbocycles. The molecule has 0 spiro atoms. The van der Waals surface area contributed by atoms with Crippen molar-refractivity contribution >= 4 is 28.3 Å². The molecular formula is C15H14OS. The van der Waals surface area contributed by atoms with Crippen LogP contribution in [0.3, 0.4) is 0 Å². The van der Waals surface area contributed by atoms with E-state index in [1.165, 1.54) is 10.8 Å². The molecule has 1 aliphatic rings. The van der Waals surface area contributed by atoms with Crippen LogP contribution in [0, 0.1) is 0 Å². The van der Waals surface area contributed by atoms with Crippen molar-refractivity contribution in [2.45, 2.75) is 29.9 Å². The Morgan fingerprint density at radius 3 is 2.71 bits per heavy atom. The number of carbonyl (C=O) groups is 1. The van der Waals surface area contributed by atoms with Gasteiger partial charge in [0.15, 0.2) is 5.78 Å². The van der Waals surface area contributed by atoms with Gasteiger partial charge in [0.05, 0.1) is 0 Å². The van der Waals surface area contributed by atoms with E-state index in [9.17, 15) is 4.79 Å². The third-order valence-electron chi connectivity index (χ3n) is 3.14. The van der Waals surface area contributed by atoms with Crippen LogP contribution in [-0.4, -0.2) is 10.5 Å². The van der Waals surface area contributed by atoms with E-state index in [1.54, 1.807) is 0 Å². The van der Waals surface area contributed by atoms with Gasteiger partial charge >= 0.3 is 0 Å². The minimum Gasteiger partial charge on any atom is -0.294 e. The maximum absolute atomic E-state index is 12.1. The van der Waals surface area contributed by atoms with E-state index in [2.05, 4.69) is 26.0 Å². The topological polar surface area (TPSA) is 17.1 Å². The van der Waals surface area contributed by atoms with Crippen molar-refractivity contribution in [1.82, 2.24) is 0 Å². The van der Waals surface area contributed by atoms with Crippen molar-refractivity contribution in [3.8, 4) is 0 Å². The van der Waals surface area contributed by atoms with Crippen molar-refractivity contribution in [2.75, 3.05) is 0 Å². The van der Waals surface area contributed by atoms with Crippen LogP contribution in [0.4, 0.5) is 0 Å². The Bertz CT molecular complexity index is 613. The van der Waals surface area contributed by atoms with E-state index < -0.39 is 0 Å². The number of fused-ring (bicyclic) bond motifs is 3. The molecule has 0 aromatic heterocycles. The maximum atomic E-state index is 12.1. The number of ketones is 1. The zero-order valence-electron chi connectivity index (χ0n) is 9.99. The Morgan fingerprint density at radius 1 is 1.12 bits per heavy atom. The quantitative estimate of drug-likeness (QED) is 0.685. The smallest absolute Gasteiger partial charge is 0.165 e. The van der Waals surface area contributed by atoms with Gasteiger partial charge in [-0.25, -0.2) is 0 Å². The summed E-state index contributed by atoms with van der Waals surface area (Å²) in [6.45, 7) is 4.28. The van der Waals surface area contributed by atoms with Crippen LogP contribution in [0.1, 0.15) is 30.6 Å². The molecular weight excluding hydrogens is 228 g/mol. The van der Waals surface area contributed by atoms with Crippen molar-refractivity contribution in [2.24, 2.45) is 0 Å². The first-order valence-corrected chi connectivity index (χ1v) is 6.62. The molecule has 86 valence electrons. The van der Waals surface area contributed by atoms with E-state index >= 15 is 0 Å². The second-order valence-electron chi connectivity index (χ2n) is 5.13. The number of thioether (sulfide) groups is 1. The summed E-state index contributed by atoms with van der Waals surface area (Å²) in [7, 11) is 0. The lowest BCUT2D eigenvalue weighted by molar-refractivity contribution is 0.0968. The molecule has 0 amide bonds. The van der Waals surface area contributed by atoms with Gasteiger partial charge in [0, 0.05) is 21.6 Å². The van der Waals surface area contributed by atoms with E-state index in [1.807, 2.05) is 36.0 Å². The third-order valence-corrected chi connectivity index (χ3v) is 4.49. The second kappa shape index (κ2) is 3.61. The zero-order valence-corrected chi connectivity index (χ0v) is 10.8. The number of benzene rings is 2. The average molecular weight is 242 g/mol. The van der Waals surface area contributed by atoms with Crippen LogP contribution in [0.2, 0.25) is 0 Å². The molecule has 2 aromatic rings. The molecule has 1 heterocycles. The van der Waals surface area contributed by atoms with Crippen LogP contribution in [0.25, 0.3) is 10.8 Å². The molecule has 0 aliphatic carbocycles. The van der Waals surface area contributed by atoms with E-state index in [-0.39, 0.29) is 10.5 Å². The van der Waals surface area contributed by atoms with E-state index in [4.69, 9.17) is 0 Å². The first-order valence-electron chi connectivity index (χ1n) is 5.81. The van der Waals surface area contributed by atoms with Gasteiger partial charge in [-0.2, -0.15) is 0 Å². The first-order chi connectivity index (χ1) is 8.07. The molecule has 2 heteroatoms. The minimum absolute atomic E-state index is 0.00814. The summed E-state index contributed by atoms with van der Waals surface area (Å²) in [5.41, 5.74) is 0.896. The van der Waals surface area contributed by atoms with Gasteiger partial charge in [-0.1, -0.05) is 30.3 Å². The monoisotopic (exact) mass is 242 g/mol. The van der Waals surface area contributed by atoms with Crippen molar-refractivity contribution in [3.63, 3.8) is 0 Å². The van der Waals surface area contributed by atoms with Crippen molar-refractivity contribution < 1.29 is 4.79 Å². The summed E-state index contributed by atoms with van der Waals surface area (Å²) in [4.78, 5) is 13.3. The highest BCUT2D eigenvalue weighted by molar-refractivity contribution is 8.01. The molecule has 0 saturated heterocycles. The molecule has 3 rings (SSSR count). The summed E-state index contributed by atoms with van der Waals surface area (Å²) in [5, 5.41) is 2.42. The van der Waals surface area contributed by atoms with Gasteiger partial charge < -0.3 is 0 Å². The summed E-state index contributed by atoms with van der Waals surface area (Å²) in [6, 6.07) is 12.3. The van der Waals surface area contributed by atoms with Crippen LogP contribution >= 0.6 is 11.8 Å². The Morgan fingerprint density at radius 2 is 1.88 bits per heavy atom. The lowest BCUT2D eigenvalue weighted by Gasteiger charge is -2.30. The van der Waals surface area contributed by atoms with Crippen LogP contribution in [0.15, 0.2) is 41.3 Å². The molecule has 0 N–H and O–H groups in total. The Hall–Kier alpha value is -1.28. The molecule has 0 radical (unpaired) electrons. The Kier molecular flexibility index (Phi) is 2.30. The highest BCUT2D eigenvalue weighted by Gasteiger charge is 2.32. The van der Waals surface area contributed by atoms with Gasteiger partial charge in [0.25, 0.3) is 0 Å². The summed E-state index contributed by atoms with van der Waals surface area (Å²) >= 11 is 1.83. The maximum Gasteiger partial charge on any atom is 0.165 e. The van der Waals surface area contributed by atoms with Gasteiger partial charge in [0.2, 0.25) is 0 Å². The van der Waals surface area contributed by atoms with Crippen LogP contribution in [-0.2, 0) is 0 Å². The largest absolute Gasteiger partial charge is 0.294 e. The predicted molar refractivity (Wildman–Crippen MR) is 72.8 cm³/mol. The number of hydrogen-bond acceptors (Lipinski definition) is 2. The van der Waals surface area contributed by atoms with Crippen LogP contribution < -0.4 is 0 Å². The zero-order chi connectivity index (χ0) is 12.0. The van der Waals surface area contributed by atoms with E-state index in [0.29, 0.717) is 6.42 Å². The number of Topliss-reactive ketones (excluding diaryl/α,β-unsaturated/α-hetero) is 1. The molecule has 0 unspecified atom stereocenters. The Balaban J connectivity index is 2.32. The molecule has 1 aliphatic heterocycles. The first kappa shape index (κ1) is 10.8. The van der Waals surface area contributed by atoms with Gasteiger partial charge in [-0.3, -0.25) is 4.79 Å². The van der Waals surface area contributed by atoms with Crippen LogP contribution in [0.5, 0.6) is 0 Å². The van der Waals surface area contributed by atoms with Crippen molar-refractivity contribution in [3.05, 3.63) is 42.0 Å². The Labute approximate surface area is 105 Å². The van der Waals surface area contributed by atoms with Gasteiger partial charge in [0.1, 0.15) is 0 Å². The lowest BCUT2D eigenvalue weighted by atomic mass is 9.97. The molecule has 17 heavy (non-hydrogen) atoms. The summed E-state index contributed by atoms with van der Waals surface area (Å²) in [6.07, 6.45) is 0.628. The highest BCUT2D eigenvalue weighted by Crippen LogP contribution is 2.45. The second-order valence-corrected chi connectivity index (χ2v) is 6.84. The number of rotatable bonds is 0. The fraction of sp³-hybridized carbons (Fsp3) is 0.267.